The number of urea groups is 1. The maximum atomic E-state index is 12.5. The number of allylic oxidation sites excluding steroid dienone is 1. The predicted octanol–water partition coefficient (Wildman–Crippen LogP) is 3.07. The molecule has 7 heteroatoms. The summed E-state index contributed by atoms with van der Waals surface area (Å²) in [6.07, 6.45) is 1.60. The van der Waals surface area contributed by atoms with E-state index in [0.717, 1.165) is 12.8 Å². The van der Waals surface area contributed by atoms with Crippen molar-refractivity contribution in [3.63, 3.8) is 0 Å². The fraction of sp³-hybridized carbons (Fsp3) is 0.474. The van der Waals surface area contributed by atoms with Crippen LogP contribution in [-0.2, 0) is 9.53 Å². The fourth-order valence-corrected chi connectivity index (χ4v) is 2.68. The van der Waals surface area contributed by atoms with Crippen LogP contribution < -0.4 is 20.1 Å². The molecule has 1 heterocycles. The molecule has 1 aliphatic rings. The number of hydrogen-bond donors (Lipinski definition) is 2. The summed E-state index contributed by atoms with van der Waals surface area (Å²) in [5, 5.41) is 5.41. The van der Waals surface area contributed by atoms with Gasteiger partial charge >= 0.3 is 12.0 Å². The lowest BCUT2D eigenvalue weighted by Crippen LogP contribution is -2.45. The Hall–Kier alpha value is -2.70. The molecule has 0 saturated carbocycles. The highest BCUT2D eigenvalue weighted by Crippen LogP contribution is 2.34. The number of ether oxygens (including phenoxy) is 3. The summed E-state index contributed by atoms with van der Waals surface area (Å²) in [6, 6.07) is 4.36. The summed E-state index contributed by atoms with van der Waals surface area (Å²) in [4.78, 5) is 24.4. The highest BCUT2D eigenvalue weighted by Gasteiger charge is 2.32. The van der Waals surface area contributed by atoms with Gasteiger partial charge in [-0.25, -0.2) is 9.59 Å². The van der Waals surface area contributed by atoms with Gasteiger partial charge in [0.15, 0.2) is 11.5 Å². The molecule has 0 aromatic heterocycles. The van der Waals surface area contributed by atoms with Crippen LogP contribution in [0.4, 0.5) is 4.79 Å². The first-order valence-corrected chi connectivity index (χ1v) is 8.77. The van der Waals surface area contributed by atoms with Crippen LogP contribution in [0.1, 0.15) is 45.2 Å². The van der Waals surface area contributed by atoms with E-state index in [1.807, 2.05) is 19.9 Å². The zero-order valence-corrected chi connectivity index (χ0v) is 15.7. The van der Waals surface area contributed by atoms with Crippen molar-refractivity contribution >= 4 is 12.0 Å². The van der Waals surface area contributed by atoms with Gasteiger partial charge in [0.25, 0.3) is 0 Å². The van der Waals surface area contributed by atoms with E-state index in [1.54, 1.807) is 26.2 Å². The molecule has 0 bridgehead atoms. The average molecular weight is 362 g/mol. The molecule has 26 heavy (non-hydrogen) atoms. The van der Waals surface area contributed by atoms with Gasteiger partial charge in [0.05, 0.1) is 31.9 Å². The van der Waals surface area contributed by atoms with Gasteiger partial charge in [-0.05, 0) is 37.5 Å². The van der Waals surface area contributed by atoms with Crippen LogP contribution >= 0.6 is 0 Å². The number of amides is 2. The van der Waals surface area contributed by atoms with Crippen molar-refractivity contribution in [2.24, 2.45) is 0 Å². The molecule has 1 aromatic rings. The summed E-state index contributed by atoms with van der Waals surface area (Å²) in [7, 11) is 1.55. The molecule has 142 valence electrons. The fourth-order valence-electron chi connectivity index (χ4n) is 2.68. The molecule has 7 nitrogen and oxygen atoms in total. The van der Waals surface area contributed by atoms with E-state index in [9.17, 15) is 9.59 Å². The Balaban J connectivity index is 2.38. The Morgan fingerprint density at radius 1 is 1.15 bits per heavy atom. The van der Waals surface area contributed by atoms with E-state index in [2.05, 4.69) is 10.6 Å². The van der Waals surface area contributed by atoms with E-state index in [1.165, 1.54) is 0 Å². The minimum absolute atomic E-state index is 0.323. The second kappa shape index (κ2) is 9.12. The summed E-state index contributed by atoms with van der Waals surface area (Å²) < 4.78 is 16.3. The lowest BCUT2D eigenvalue weighted by molar-refractivity contribution is -0.139. The second-order valence-electron chi connectivity index (χ2n) is 5.96. The molecular formula is C19H26N2O5. The lowest BCUT2D eigenvalue weighted by atomic mass is 9.95. The van der Waals surface area contributed by atoms with E-state index in [-0.39, 0.29) is 6.03 Å². The van der Waals surface area contributed by atoms with Crippen LogP contribution in [0.15, 0.2) is 29.5 Å². The zero-order chi connectivity index (χ0) is 19.1. The zero-order valence-electron chi connectivity index (χ0n) is 15.7. The molecule has 1 atom stereocenters. The highest BCUT2D eigenvalue weighted by atomic mass is 16.5. The third-order valence-corrected chi connectivity index (χ3v) is 3.91. The van der Waals surface area contributed by atoms with Gasteiger partial charge in [-0.3, -0.25) is 0 Å². The maximum Gasteiger partial charge on any atom is 0.338 e. The van der Waals surface area contributed by atoms with E-state index in [4.69, 9.17) is 14.2 Å². The number of carbonyl (C=O) groups is 2. The standard InChI is InChI=1S/C19H26N2O5/c1-5-9-25-14-8-7-13(11-15(14)24-4)17-16(18(22)26-10-6-2)12(3)20-19(23)21-17/h7-8,11,17H,5-6,9-10H2,1-4H3,(H2,20,21,23)/t17-/m0/s1. The first-order chi connectivity index (χ1) is 12.5. The number of nitrogens with one attached hydrogen (secondary N) is 2. The highest BCUT2D eigenvalue weighted by molar-refractivity contribution is 5.95. The molecule has 2 N–H and O–H groups in total. The van der Waals surface area contributed by atoms with Crippen LogP contribution in [0.3, 0.4) is 0 Å². The van der Waals surface area contributed by atoms with Crippen molar-refractivity contribution in [3.05, 3.63) is 35.0 Å². The summed E-state index contributed by atoms with van der Waals surface area (Å²) >= 11 is 0. The van der Waals surface area contributed by atoms with Crippen LogP contribution in [-0.4, -0.2) is 32.3 Å². The average Bonchev–Trinajstić information content (AvgIpc) is 2.63. The Morgan fingerprint density at radius 3 is 2.54 bits per heavy atom. The van der Waals surface area contributed by atoms with E-state index in [0.29, 0.717) is 41.5 Å². The Kier molecular flexibility index (Phi) is 6.89. The van der Waals surface area contributed by atoms with Gasteiger partial charge in [0.2, 0.25) is 0 Å². The summed E-state index contributed by atoms with van der Waals surface area (Å²) in [5.74, 6) is 0.712. The molecule has 2 rings (SSSR count). The predicted molar refractivity (Wildman–Crippen MR) is 97.1 cm³/mol. The first kappa shape index (κ1) is 19.6. The SMILES string of the molecule is CCCOC(=O)C1=C(C)NC(=O)N[C@H]1c1ccc(OCCC)c(OC)c1. The van der Waals surface area contributed by atoms with Gasteiger partial charge in [0, 0.05) is 5.70 Å². The van der Waals surface area contributed by atoms with Crippen LogP contribution in [0.25, 0.3) is 0 Å². The number of methoxy groups -OCH3 is 1. The molecule has 0 radical (unpaired) electrons. The Labute approximate surface area is 153 Å². The summed E-state index contributed by atoms with van der Waals surface area (Å²) in [5.41, 5.74) is 1.57. The van der Waals surface area contributed by atoms with Crippen LogP contribution in [0, 0.1) is 0 Å². The molecule has 0 fully saturated rings. The number of benzene rings is 1. The quantitative estimate of drug-likeness (QED) is 0.694. The number of hydrogen-bond acceptors (Lipinski definition) is 5. The lowest BCUT2D eigenvalue weighted by Gasteiger charge is -2.28. The molecule has 1 aromatic carbocycles. The van der Waals surface area contributed by atoms with Crippen molar-refractivity contribution in [1.82, 2.24) is 10.6 Å². The number of carbonyl (C=O) groups excluding carboxylic acids is 2. The number of esters is 1. The van der Waals surface area contributed by atoms with Gasteiger partial charge in [-0.15, -0.1) is 0 Å². The van der Waals surface area contributed by atoms with Crippen molar-refractivity contribution < 1.29 is 23.8 Å². The number of rotatable bonds is 8. The Morgan fingerprint density at radius 2 is 1.88 bits per heavy atom. The minimum atomic E-state index is -0.623. The van der Waals surface area contributed by atoms with E-state index < -0.39 is 12.0 Å². The van der Waals surface area contributed by atoms with Crippen LogP contribution in [0.5, 0.6) is 11.5 Å². The molecule has 0 aliphatic carbocycles. The normalized spacial score (nSPS) is 16.6. The monoisotopic (exact) mass is 362 g/mol. The first-order valence-electron chi connectivity index (χ1n) is 8.77. The van der Waals surface area contributed by atoms with Gasteiger partial charge in [-0.1, -0.05) is 19.9 Å². The van der Waals surface area contributed by atoms with Gasteiger partial charge in [-0.2, -0.15) is 0 Å². The van der Waals surface area contributed by atoms with Gasteiger partial charge in [0.1, 0.15) is 0 Å². The molecule has 0 unspecified atom stereocenters. The Bertz CT molecular complexity index is 699. The smallest absolute Gasteiger partial charge is 0.338 e. The van der Waals surface area contributed by atoms with Crippen molar-refractivity contribution in [3.8, 4) is 11.5 Å². The van der Waals surface area contributed by atoms with Crippen LogP contribution in [0.2, 0.25) is 0 Å². The second-order valence-corrected chi connectivity index (χ2v) is 5.96. The molecule has 2 amide bonds. The maximum absolute atomic E-state index is 12.5. The minimum Gasteiger partial charge on any atom is -0.493 e. The van der Waals surface area contributed by atoms with Crippen molar-refractivity contribution in [1.29, 1.82) is 0 Å². The van der Waals surface area contributed by atoms with E-state index >= 15 is 0 Å². The molecule has 1 aliphatic heterocycles. The molecule has 0 saturated heterocycles. The van der Waals surface area contributed by atoms with Crippen molar-refractivity contribution in [2.45, 2.75) is 39.7 Å². The largest absolute Gasteiger partial charge is 0.493 e. The summed E-state index contributed by atoms with van der Waals surface area (Å²) in [6.45, 7) is 6.53. The third-order valence-electron chi connectivity index (χ3n) is 3.91. The molecular weight excluding hydrogens is 336 g/mol. The third kappa shape index (κ3) is 4.47. The topological polar surface area (TPSA) is 85.9 Å². The van der Waals surface area contributed by atoms with Crippen molar-refractivity contribution in [2.75, 3.05) is 20.3 Å². The van der Waals surface area contributed by atoms with Gasteiger partial charge < -0.3 is 24.8 Å². The molecule has 0 spiro atoms.